The van der Waals surface area contributed by atoms with Gasteiger partial charge in [-0.3, -0.25) is 4.79 Å². The van der Waals surface area contributed by atoms with Gasteiger partial charge in [-0.15, -0.1) is 0 Å². The van der Waals surface area contributed by atoms with Crippen molar-refractivity contribution < 1.29 is 9.53 Å². The zero-order chi connectivity index (χ0) is 14.0. The molecule has 0 atom stereocenters. The van der Waals surface area contributed by atoms with E-state index in [4.69, 9.17) is 21.6 Å². The lowest BCUT2D eigenvalue weighted by atomic mass is 10.1. The van der Waals surface area contributed by atoms with Gasteiger partial charge in [-0.1, -0.05) is 11.6 Å². The van der Waals surface area contributed by atoms with Crippen molar-refractivity contribution in [3.63, 3.8) is 0 Å². The Hall–Kier alpha value is -2.32. The van der Waals surface area contributed by atoms with Crippen molar-refractivity contribution in [1.29, 1.82) is 5.26 Å². The Balaban J connectivity index is 2.71. The van der Waals surface area contributed by atoms with Crippen LogP contribution in [0.5, 0.6) is 0 Å². The summed E-state index contributed by atoms with van der Waals surface area (Å²) < 4.78 is 4.79. The van der Waals surface area contributed by atoms with E-state index in [-0.39, 0.29) is 28.1 Å². The Kier molecular flexibility index (Phi) is 3.54. The highest BCUT2D eigenvalue weighted by Gasteiger charge is 2.15. The molecule has 0 bridgehead atoms. The van der Waals surface area contributed by atoms with E-state index >= 15 is 0 Å². The molecule has 0 spiro atoms. The zero-order valence-electron chi connectivity index (χ0n) is 9.99. The number of carbonyl (C=O) groups is 1. The van der Waals surface area contributed by atoms with E-state index in [0.717, 1.165) is 0 Å². The fourth-order valence-corrected chi connectivity index (χ4v) is 1.89. The lowest BCUT2D eigenvalue weighted by molar-refractivity contribution is 0.0524. The van der Waals surface area contributed by atoms with Crippen molar-refractivity contribution in [3.05, 3.63) is 44.7 Å². The number of hydrogen-bond acceptors (Lipinski definition) is 4. The van der Waals surface area contributed by atoms with Gasteiger partial charge < -0.3 is 9.72 Å². The minimum absolute atomic E-state index is 0.0967. The second-order valence-corrected chi connectivity index (χ2v) is 4.15. The van der Waals surface area contributed by atoms with Crippen LogP contribution in [0.25, 0.3) is 10.9 Å². The number of aromatic amines is 1. The molecule has 5 nitrogen and oxygen atoms in total. The molecule has 1 aromatic carbocycles. The number of fused-ring (bicyclic) bond motifs is 1. The molecular formula is C13H9ClN2O3. The molecule has 0 saturated carbocycles. The highest BCUT2D eigenvalue weighted by Crippen LogP contribution is 2.20. The molecule has 0 radical (unpaired) electrons. The molecule has 96 valence electrons. The van der Waals surface area contributed by atoms with Gasteiger partial charge in [0, 0.05) is 11.6 Å². The Morgan fingerprint density at radius 1 is 1.53 bits per heavy atom. The van der Waals surface area contributed by atoms with Crippen molar-refractivity contribution in [2.75, 3.05) is 6.61 Å². The van der Waals surface area contributed by atoms with Crippen LogP contribution in [0.15, 0.2) is 23.1 Å². The number of ether oxygens (including phenoxy) is 1. The predicted molar refractivity (Wildman–Crippen MR) is 70.3 cm³/mol. The van der Waals surface area contributed by atoms with Crippen LogP contribution >= 0.6 is 11.6 Å². The maximum absolute atomic E-state index is 12.2. The number of carbonyl (C=O) groups excluding carboxylic acids is 1. The Morgan fingerprint density at radius 2 is 2.26 bits per heavy atom. The second kappa shape index (κ2) is 5.12. The molecule has 0 aliphatic rings. The Bertz CT molecular complexity index is 759. The molecular weight excluding hydrogens is 268 g/mol. The summed E-state index contributed by atoms with van der Waals surface area (Å²) in [4.78, 5) is 26.5. The van der Waals surface area contributed by atoms with Gasteiger partial charge >= 0.3 is 5.97 Å². The van der Waals surface area contributed by atoms with E-state index in [1.165, 1.54) is 18.3 Å². The topological polar surface area (TPSA) is 82.9 Å². The number of hydrogen-bond donors (Lipinski definition) is 1. The number of nitriles is 1. The van der Waals surface area contributed by atoms with Gasteiger partial charge in [-0.25, -0.2) is 4.79 Å². The van der Waals surface area contributed by atoms with E-state index in [2.05, 4.69) is 4.98 Å². The van der Waals surface area contributed by atoms with Crippen LogP contribution in [0.1, 0.15) is 22.8 Å². The first kappa shape index (κ1) is 13.1. The number of benzene rings is 1. The van der Waals surface area contributed by atoms with Crippen LogP contribution < -0.4 is 5.43 Å². The molecule has 19 heavy (non-hydrogen) atoms. The summed E-state index contributed by atoms with van der Waals surface area (Å²) in [5, 5.41) is 9.37. The van der Waals surface area contributed by atoms with Crippen molar-refractivity contribution >= 4 is 28.5 Å². The van der Waals surface area contributed by atoms with Gasteiger partial charge in [-0.05, 0) is 19.1 Å². The van der Waals surface area contributed by atoms with Crippen LogP contribution in [0.2, 0.25) is 5.02 Å². The highest BCUT2D eigenvalue weighted by atomic mass is 35.5. The van der Waals surface area contributed by atoms with Crippen LogP contribution in [-0.2, 0) is 4.74 Å². The summed E-state index contributed by atoms with van der Waals surface area (Å²) >= 11 is 5.87. The van der Waals surface area contributed by atoms with Crippen molar-refractivity contribution in [2.24, 2.45) is 0 Å². The molecule has 6 heteroatoms. The largest absolute Gasteiger partial charge is 0.462 e. The van der Waals surface area contributed by atoms with Gasteiger partial charge in [0.05, 0.1) is 22.7 Å². The summed E-state index contributed by atoms with van der Waals surface area (Å²) in [6.07, 6.45) is 1.28. The third-order valence-electron chi connectivity index (χ3n) is 2.58. The minimum Gasteiger partial charge on any atom is -0.462 e. The van der Waals surface area contributed by atoms with Crippen LogP contribution in [-0.4, -0.2) is 17.6 Å². The fourth-order valence-electron chi connectivity index (χ4n) is 1.69. The SMILES string of the molecule is CCOC(=O)c1c[nH]c2cc(Cl)c(C#N)cc2c1=O. The molecule has 0 unspecified atom stereocenters. The van der Waals surface area contributed by atoms with Crippen LogP contribution in [0.3, 0.4) is 0 Å². The Labute approximate surface area is 113 Å². The van der Waals surface area contributed by atoms with Gasteiger partial charge in [-0.2, -0.15) is 5.26 Å². The monoisotopic (exact) mass is 276 g/mol. The third kappa shape index (κ3) is 2.30. The lowest BCUT2D eigenvalue weighted by Gasteiger charge is -2.04. The number of rotatable bonds is 2. The molecule has 0 aliphatic carbocycles. The predicted octanol–water partition coefficient (Wildman–Crippen LogP) is 2.23. The normalized spacial score (nSPS) is 10.2. The maximum atomic E-state index is 12.2. The molecule has 0 aliphatic heterocycles. The number of pyridine rings is 1. The van der Waals surface area contributed by atoms with Crippen LogP contribution in [0, 0.1) is 11.3 Å². The fraction of sp³-hybridized carbons (Fsp3) is 0.154. The maximum Gasteiger partial charge on any atom is 0.343 e. The van der Waals surface area contributed by atoms with E-state index in [1.54, 1.807) is 6.92 Å². The number of aromatic nitrogens is 1. The van der Waals surface area contributed by atoms with Gasteiger partial charge in [0.25, 0.3) is 0 Å². The molecule has 1 aromatic heterocycles. The van der Waals surface area contributed by atoms with E-state index in [0.29, 0.717) is 5.52 Å². The van der Waals surface area contributed by atoms with E-state index < -0.39 is 11.4 Å². The number of nitrogens with zero attached hydrogens (tertiary/aromatic N) is 1. The summed E-state index contributed by atoms with van der Waals surface area (Å²) in [5.74, 6) is -0.695. The van der Waals surface area contributed by atoms with Gasteiger partial charge in [0.1, 0.15) is 11.6 Å². The first-order valence-corrected chi connectivity index (χ1v) is 5.88. The summed E-state index contributed by atoms with van der Waals surface area (Å²) in [7, 11) is 0. The average molecular weight is 277 g/mol. The number of esters is 1. The van der Waals surface area contributed by atoms with E-state index in [9.17, 15) is 9.59 Å². The van der Waals surface area contributed by atoms with Crippen molar-refractivity contribution in [3.8, 4) is 6.07 Å². The lowest BCUT2D eigenvalue weighted by Crippen LogP contribution is -2.18. The molecule has 2 rings (SSSR count). The molecule has 0 fully saturated rings. The molecule has 1 N–H and O–H groups in total. The first-order valence-electron chi connectivity index (χ1n) is 5.50. The minimum atomic E-state index is -0.695. The highest BCUT2D eigenvalue weighted by molar-refractivity contribution is 6.32. The molecule has 0 amide bonds. The quantitative estimate of drug-likeness (QED) is 0.853. The number of nitrogens with one attached hydrogen (secondary N) is 1. The van der Waals surface area contributed by atoms with Crippen molar-refractivity contribution in [1.82, 2.24) is 4.98 Å². The standard InChI is InChI=1S/C13H9ClN2O3/c1-2-19-13(18)9-6-16-11-4-10(14)7(5-15)3-8(11)12(9)17/h3-4,6H,2H2,1H3,(H,16,17). The zero-order valence-corrected chi connectivity index (χ0v) is 10.7. The summed E-state index contributed by atoms with van der Waals surface area (Å²) in [6.45, 7) is 1.83. The average Bonchev–Trinajstić information content (AvgIpc) is 2.38. The van der Waals surface area contributed by atoms with Gasteiger partial charge in [0.15, 0.2) is 0 Å². The van der Waals surface area contributed by atoms with E-state index in [1.807, 2.05) is 6.07 Å². The molecule has 2 aromatic rings. The molecule has 1 heterocycles. The number of H-pyrrole nitrogens is 1. The first-order chi connectivity index (χ1) is 9.08. The molecule has 0 saturated heterocycles. The smallest absolute Gasteiger partial charge is 0.343 e. The van der Waals surface area contributed by atoms with Crippen molar-refractivity contribution in [2.45, 2.75) is 6.92 Å². The summed E-state index contributed by atoms with van der Waals surface area (Å²) in [5.41, 5.74) is 0.0589. The second-order valence-electron chi connectivity index (χ2n) is 3.74. The number of halogens is 1. The van der Waals surface area contributed by atoms with Crippen LogP contribution in [0.4, 0.5) is 0 Å². The van der Waals surface area contributed by atoms with Gasteiger partial charge in [0.2, 0.25) is 5.43 Å². The Morgan fingerprint density at radius 3 is 2.89 bits per heavy atom. The summed E-state index contributed by atoms with van der Waals surface area (Å²) in [6, 6.07) is 4.73. The third-order valence-corrected chi connectivity index (χ3v) is 2.90.